The fourth-order valence-electron chi connectivity index (χ4n) is 3.07. The highest BCUT2D eigenvalue weighted by Crippen LogP contribution is 2.46. The first kappa shape index (κ1) is 20.7. The lowest BCUT2D eigenvalue weighted by Crippen LogP contribution is -2.47. The first-order valence-corrected chi connectivity index (χ1v) is 7.96. The number of carboxylic acid groups (broad SMARTS) is 1. The summed E-state index contributed by atoms with van der Waals surface area (Å²) >= 11 is 0. The van der Waals surface area contributed by atoms with Gasteiger partial charge in [-0.25, -0.2) is 0 Å². The summed E-state index contributed by atoms with van der Waals surface area (Å²) in [5, 5.41) is 9.08. The Kier molecular flexibility index (Phi) is 5.76. The van der Waals surface area contributed by atoms with E-state index in [2.05, 4.69) is 0 Å². The standard InChI is InChI=1S/C17H20F3NO6/c1-25-11-6-10(7-12(26-2)14(11)27-3)8-13(22)21-5-4-16(9-21,15(23)24)17(18,19)20/h6-7H,4-5,8-9H2,1-3H3,(H,23,24). The van der Waals surface area contributed by atoms with Crippen LogP contribution in [0.25, 0.3) is 0 Å². The quantitative estimate of drug-likeness (QED) is 0.800. The van der Waals surface area contributed by atoms with E-state index < -0.39 is 36.4 Å². The maximum Gasteiger partial charge on any atom is 0.406 e. The fraction of sp³-hybridized carbons (Fsp3) is 0.529. The van der Waals surface area contributed by atoms with Crippen LogP contribution in [-0.2, 0) is 16.0 Å². The Balaban J connectivity index is 2.23. The summed E-state index contributed by atoms with van der Waals surface area (Å²) in [6.45, 7) is -1.19. The van der Waals surface area contributed by atoms with Crippen LogP contribution < -0.4 is 14.2 Å². The third kappa shape index (κ3) is 3.74. The maximum atomic E-state index is 13.2. The average molecular weight is 391 g/mol. The predicted molar refractivity (Wildman–Crippen MR) is 87.1 cm³/mol. The van der Waals surface area contributed by atoms with E-state index in [1.165, 1.54) is 33.5 Å². The van der Waals surface area contributed by atoms with Gasteiger partial charge < -0.3 is 24.2 Å². The van der Waals surface area contributed by atoms with Crippen molar-refractivity contribution < 1.29 is 42.1 Å². The second kappa shape index (κ2) is 7.53. The Morgan fingerprint density at radius 3 is 2.07 bits per heavy atom. The van der Waals surface area contributed by atoms with E-state index in [-0.39, 0.29) is 13.0 Å². The molecule has 1 aliphatic heterocycles. The van der Waals surface area contributed by atoms with Crippen molar-refractivity contribution in [2.45, 2.75) is 19.0 Å². The topological polar surface area (TPSA) is 85.3 Å². The summed E-state index contributed by atoms with van der Waals surface area (Å²) in [6.07, 6.45) is -5.85. The van der Waals surface area contributed by atoms with Crippen LogP contribution in [0.5, 0.6) is 17.2 Å². The number of alkyl halides is 3. The minimum absolute atomic E-state index is 0.232. The zero-order chi connectivity index (χ0) is 20.4. The van der Waals surface area contributed by atoms with E-state index in [9.17, 15) is 22.8 Å². The Morgan fingerprint density at radius 2 is 1.70 bits per heavy atom. The lowest BCUT2D eigenvalue weighted by atomic mass is 9.86. The zero-order valence-corrected chi connectivity index (χ0v) is 15.1. The molecule has 0 radical (unpaired) electrons. The molecule has 1 amide bonds. The van der Waals surface area contributed by atoms with Gasteiger partial charge in [0.05, 0.1) is 27.8 Å². The summed E-state index contributed by atoms with van der Waals surface area (Å²) in [4.78, 5) is 24.6. The summed E-state index contributed by atoms with van der Waals surface area (Å²) < 4.78 is 55.3. The van der Waals surface area contributed by atoms with Crippen molar-refractivity contribution in [1.82, 2.24) is 4.90 Å². The number of likely N-dealkylation sites (tertiary alicyclic amines) is 1. The van der Waals surface area contributed by atoms with Crippen molar-refractivity contribution in [3.8, 4) is 17.2 Å². The number of aliphatic carboxylic acids is 1. The number of methoxy groups -OCH3 is 3. The number of benzene rings is 1. The van der Waals surface area contributed by atoms with Gasteiger partial charge >= 0.3 is 12.1 Å². The molecule has 1 N–H and O–H groups in total. The van der Waals surface area contributed by atoms with Crippen LogP contribution in [0.15, 0.2) is 12.1 Å². The van der Waals surface area contributed by atoms with E-state index in [1.807, 2.05) is 0 Å². The molecule has 1 fully saturated rings. The van der Waals surface area contributed by atoms with E-state index in [4.69, 9.17) is 19.3 Å². The lowest BCUT2D eigenvalue weighted by Gasteiger charge is -2.27. The normalized spacial score (nSPS) is 19.7. The van der Waals surface area contributed by atoms with Crippen molar-refractivity contribution in [3.05, 3.63) is 17.7 Å². The Bertz CT molecular complexity index is 711. The van der Waals surface area contributed by atoms with Crippen LogP contribution in [0.1, 0.15) is 12.0 Å². The Labute approximate surface area is 153 Å². The van der Waals surface area contributed by atoms with Crippen molar-refractivity contribution >= 4 is 11.9 Å². The molecule has 0 spiro atoms. The Morgan fingerprint density at radius 1 is 1.15 bits per heavy atom. The number of halogens is 3. The van der Waals surface area contributed by atoms with Crippen LogP contribution in [0.3, 0.4) is 0 Å². The molecule has 10 heteroatoms. The van der Waals surface area contributed by atoms with Crippen molar-refractivity contribution in [2.75, 3.05) is 34.4 Å². The highest BCUT2D eigenvalue weighted by molar-refractivity contribution is 5.83. The predicted octanol–water partition coefficient (Wildman–Crippen LogP) is 2.12. The minimum atomic E-state index is -4.94. The third-order valence-electron chi connectivity index (χ3n) is 4.65. The van der Waals surface area contributed by atoms with Gasteiger partial charge in [0.15, 0.2) is 16.9 Å². The highest BCUT2D eigenvalue weighted by Gasteiger charge is 2.64. The van der Waals surface area contributed by atoms with E-state index in [0.29, 0.717) is 22.8 Å². The fourth-order valence-corrected chi connectivity index (χ4v) is 3.07. The molecule has 27 heavy (non-hydrogen) atoms. The van der Waals surface area contributed by atoms with Crippen LogP contribution in [0.2, 0.25) is 0 Å². The van der Waals surface area contributed by atoms with E-state index >= 15 is 0 Å². The molecule has 1 atom stereocenters. The van der Waals surface area contributed by atoms with Crippen molar-refractivity contribution in [3.63, 3.8) is 0 Å². The smallest absolute Gasteiger partial charge is 0.406 e. The summed E-state index contributed by atoms with van der Waals surface area (Å²) in [6, 6.07) is 3.03. The number of carbonyl (C=O) groups excluding carboxylic acids is 1. The molecule has 1 aliphatic rings. The molecule has 150 valence electrons. The van der Waals surface area contributed by atoms with Crippen LogP contribution in [0, 0.1) is 5.41 Å². The molecule has 0 aliphatic carbocycles. The summed E-state index contributed by atoms with van der Waals surface area (Å²) in [5.41, 5.74) is -2.49. The molecule has 2 rings (SSSR count). The number of carbonyl (C=O) groups is 2. The molecular formula is C17H20F3NO6. The van der Waals surface area contributed by atoms with Crippen LogP contribution in [0.4, 0.5) is 13.2 Å². The van der Waals surface area contributed by atoms with Gasteiger partial charge in [-0.15, -0.1) is 0 Å². The van der Waals surface area contributed by atoms with Gasteiger partial charge in [0.2, 0.25) is 11.7 Å². The molecule has 7 nitrogen and oxygen atoms in total. The number of amides is 1. The average Bonchev–Trinajstić information content (AvgIpc) is 3.07. The molecule has 0 saturated carbocycles. The molecule has 1 unspecified atom stereocenters. The number of carboxylic acids is 1. The number of ether oxygens (including phenoxy) is 3. The molecule has 0 bridgehead atoms. The number of hydrogen-bond acceptors (Lipinski definition) is 5. The molecule has 1 aromatic carbocycles. The van der Waals surface area contributed by atoms with Gasteiger partial charge in [0.25, 0.3) is 0 Å². The molecule has 0 aromatic heterocycles. The van der Waals surface area contributed by atoms with Crippen LogP contribution in [-0.4, -0.2) is 62.5 Å². The minimum Gasteiger partial charge on any atom is -0.493 e. The van der Waals surface area contributed by atoms with Gasteiger partial charge in [-0.1, -0.05) is 0 Å². The molecule has 1 heterocycles. The van der Waals surface area contributed by atoms with Gasteiger partial charge in [-0.3, -0.25) is 9.59 Å². The zero-order valence-electron chi connectivity index (χ0n) is 15.1. The monoisotopic (exact) mass is 391 g/mol. The van der Waals surface area contributed by atoms with Gasteiger partial charge in [0.1, 0.15) is 0 Å². The first-order valence-electron chi connectivity index (χ1n) is 7.96. The SMILES string of the molecule is COc1cc(CC(=O)N2CCC(C(=O)O)(C(F)(F)F)C2)cc(OC)c1OC. The molecule has 1 aromatic rings. The molecule has 1 saturated heterocycles. The summed E-state index contributed by atoms with van der Waals surface area (Å²) in [5.74, 6) is -1.67. The Hall–Kier alpha value is -2.65. The van der Waals surface area contributed by atoms with Gasteiger partial charge in [0, 0.05) is 13.1 Å². The second-order valence-corrected chi connectivity index (χ2v) is 6.16. The first-order chi connectivity index (χ1) is 12.6. The maximum absolute atomic E-state index is 13.2. The van der Waals surface area contributed by atoms with Gasteiger partial charge in [-0.2, -0.15) is 13.2 Å². The van der Waals surface area contributed by atoms with Gasteiger partial charge in [-0.05, 0) is 24.1 Å². The number of hydrogen-bond donors (Lipinski definition) is 1. The van der Waals surface area contributed by atoms with Crippen molar-refractivity contribution in [1.29, 1.82) is 0 Å². The largest absolute Gasteiger partial charge is 0.493 e. The second-order valence-electron chi connectivity index (χ2n) is 6.16. The van der Waals surface area contributed by atoms with Crippen molar-refractivity contribution in [2.24, 2.45) is 5.41 Å². The molecular weight excluding hydrogens is 371 g/mol. The van der Waals surface area contributed by atoms with E-state index in [1.54, 1.807) is 0 Å². The summed E-state index contributed by atoms with van der Waals surface area (Å²) in [7, 11) is 4.21. The highest BCUT2D eigenvalue weighted by atomic mass is 19.4. The lowest BCUT2D eigenvalue weighted by molar-refractivity contribution is -0.227. The number of nitrogens with zero attached hydrogens (tertiary/aromatic N) is 1. The third-order valence-corrected chi connectivity index (χ3v) is 4.65. The number of rotatable bonds is 6. The van der Waals surface area contributed by atoms with E-state index in [0.717, 1.165) is 4.90 Å². The van der Waals surface area contributed by atoms with Crippen LogP contribution >= 0.6 is 0 Å².